The van der Waals surface area contributed by atoms with E-state index in [4.69, 9.17) is 5.73 Å². The van der Waals surface area contributed by atoms with Crippen LogP contribution in [0.3, 0.4) is 0 Å². The van der Waals surface area contributed by atoms with Crippen molar-refractivity contribution in [1.82, 2.24) is 41.6 Å². The van der Waals surface area contributed by atoms with E-state index in [0.29, 0.717) is 36.9 Å². The highest BCUT2D eigenvalue weighted by Crippen LogP contribution is 2.29. The van der Waals surface area contributed by atoms with Gasteiger partial charge in [0.15, 0.2) is 0 Å². The third-order valence-electron chi connectivity index (χ3n) is 9.71. The molecular formula is C36H43FN10O3. The summed E-state index contributed by atoms with van der Waals surface area (Å²) in [5.41, 5.74) is 10.8. The van der Waals surface area contributed by atoms with Gasteiger partial charge in [-0.05, 0) is 110 Å². The van der Waals surface area contributed by atoms with Crippen LogP contribution in [0.25, 0.3) is 22.5 Å². The largest absolute Gasteiger partial charge is 0.345 e. The molecule has 14 heteroatoms. The van der Waals surface area contributed by atoms with Crippen LogP contribution < -0.4 is 27.0 Å². The van der Waals surface area contributed by atoms with E-state index in [0.717, 1.165) is 53.5 Å². The monoisotopic (exact) mass is 682 g/mol. The first-order valence-corrected chi connectivity index (χ1v) is 17.1. The third kappa shape index (κ3) is 8.55. The van der Waals surface area contributed by atoms with Crippen LogP contribution in [0.2, 0.25) is 0 Å². The molecule has 3 atom stereocenters. The number of hydrogen-bond acceptors (Lipinski definition) is 9. The quantitative estimate of drug-likeness (QED) is 0.138. The first-order chi connectivity index (χ1) is 24.3. The average molecular weight is 683 g/mol. The van der Waals surface area contributed by atoms with Crippen LogP contribution in [-0.2, 0) is 16.0 Å². The standard InChI is InChI=1S/C36H43FN10O3/c1-21-16-31(35(49)42-30-14-15-39-20-29(30)37)40-19-28(21)24-6-2-22(3-7-24)17-32(43-34(48)26-8-4-23(18-38)5-9-26)36(50)41-27-12-10-25(11-13-27)33-44-46-47-45-33/h2-3,6-7,10-13,16,19,23,26,29-30,32,39H,4-5,8-9,14-15,17-18,20,38H2,1H3,(H,41,50)(H,42,49)(H,43,48)(H,44,45,46,47). The zero-order chi connectivity index (χ0) is 35.0. The molecule has 1 saturated carbocycles. The van der Waals surface area contributed by atoms with Gasteiger partial charge in [-0.1, -0.05) is 24.3 Å². The highest BCUT2D eigenvalue weighted by atomic mass is 19.1. The number of amides is 3. The summed E-state index contributed by atoms with van der Waals surface area (Å²) in [4.78, 5) is 44.3. The van der Waals surface area contributed by atoms with E-state index in [-0.39, 0.29) is 36.4 Å². The zero-order valence-electron chi connectivity index (χ0n) is 28.0. The SMILES string of the molecule is Cc1cc(C(=O)NC2CCNCC2F)ncc1-c1ccc(CC(NC(=O)C2CCC(CN)CC2)C(=O)Nc2ccc(-c3nn[nH]n3)cc2)cc1. The van der Waals surface area contributed by atoms with Crippen molar-refractivity contribution in [3.8, 4) is 22.5 Å². The van der Waals surface area contributed by atoms with Gasteiger partial charge in [-0.25, -0.2) is 4.39 Å². The highest BCUT2D eigenvalue weighted by molar-refractivity contribution is 5.98. The Morgan fingerprint density at radius 1 is 1.00 bits per heavy atom. The minimum absolute atomic E-state index is 0.127. The minimum Gasteiger partial charge on any atom is -0.345 e. The van der Waals surface area contributed by atoms with Crippen molar-refractivity contribution in [1.29, 1.82) is 0 Å². The smallest absolute Gasteiger partial charge is 0.270 e. The molecule has 50 heavy (non-hydrogen) atoms. The van der Waals surface area contributed by atoms with E-state index in [9.17, 15) is 18.8 Å². The number of tetrazole rings is 1. The summed E-state index contributed by atoms with van der Waals surface area (Å²) in [5, 5.41) is 25.7. The fourth-order valence-corrected chi connectivity index (χ4v) is 6.64. The molecule has 3 amide bonds. The van der Waals surface area contributed by atoms with Gasteiger partial charge >= 0.3 is 0 Å². The predicted molar refractivity (Wildman–Crippen MR) is 186 cm³/mol. The van der Waals surface area contributed by atoms with Crippen LogP contribution in [-0.4, -0.2) is 81.2 Å². The normalized spacial score (nSPS) is 21.2. The lowest BCUT2D eigenvalue weighted by Gasteiger charge is -2.28. The molecule has 2 aromatic heterocycles. The molecule has 7 N–H and O–H groups in total. The van der Waals surface area contributed by atoms with Crippen LogP contribution in [0, 0.1) is 18.8 Å². The molecular weight excluding hydrogens is 639 g/mol. The van der Waals surface area contributed by atoms with E-state index < -0.39 is 24.2 Å². The van der Waals surface area contributed by atoms with Gasteiger partial charge in [-0.3, -0.25) is 19.4 Å². The van der Waals surface area contributed by atoms with Crippen LogP contribution in [0.5, 0.6) is 0 Å². The summed E-state index contributed by atoms with van der Waals surface area (Å²) in [5.74, 6) is -0.144. The third-order valence-corrected chi connectivity index (χ3v) is 9.71. The number of benzene rings is 2. The number of rotatable bonds is 11. The maximum absolute atomic E-state index is 14.2. The summed E-state index contributed by atoms with van der Waals surface area (Å²) in [6.07, 6.45) is 4.60. The maximum atomic E-state index is 14.2. The molecule has 2 aromatic carbocycles. The van der Waals surface area contributed by atoms with E-state index in [1.165, 1.54) is 0 Å². The molecule has 262 valence electrons. The molecule has 1 saturated heterocycles. The zero-order valence-corrected chi connectivity index (χ0v) is 28.0. The first kappa shape index (κ1) is 34.8. The van der Waals surface area contributed by atoms with Gasteiger partial charge in [0.1, 0.15) is 17.9 Å². The van der Waals surface area contributed by atoms with Gasteiger partial charge in [-0.15, -0.1) is 10.2 Å². The second-order valence-corrected chi connectivity index (χ2v) is 13.2. The number of aromatic nitrogens is 5. The lowest BCUT2D eigenvalue weighted by Crippen LogP contribution is -2.51. The van der Waals surface area contributed by atoms with E-state index in [1.807, 2.05) is 31.2 Å². The fraction of sp³-hybridized carbons (Fsp3) is 0.417. The second kappa shape index (κ2) is 16.1. The number of nitrogens with zero attached hydrogens (tertiary/aromatic N) is 4. The van der Waals surface area contributed by atoms with Crippen molar-refractivity contribution in [2.45, 2.75) is 63.7 Å². The number of aryl methyl sites for hydroxylation is 1. The summed E-state index contributed by atoms with van der Waals surface area (Å²) >= 11 is 0. The number of halogens is 1. The number of alkyl halides is 1. The Hall–Kier alpha value is -5.08. The Bertz CT molecular complexity index is 1760. The summed E-state index contributed by atoms with van der Waals surface area (Å²) in [7, 11) is 0. The van der Waals surface area contributed by atoms with Gasteiger partial charge < -0.3 is 27.0 Å². The number of hydrogen-bond donors (Lipinski definition) is 6. The molecule has 2 fully saturated rings. The van der Waals surface area contributed by atoms with Crippen LogP contribution in [0.1, 0.15) is 53.7 Å². The molecule has 0 spiro atoms. The number of carbonyl (C=O) groups is 3. The topological polar surface area (TPSA) is 193 Å². The molecule has 1 aliphatic heterocycles. The number of carbonyl (C=O) groups excluding carboxylic acids is 3. The van der Waals surface area contributed by atoms with E-state index in [2.05, 4.69) is 46.9 Å². The van der Waals surface area contributed by atoms with Gasteiger partial charge in [0, 0.05) is 41.9 Å². The van der Waals surface area contributed by atoms with Gasteiger partial charge in [0.25, 0.3) is 5.91 Å². The van der Waals surface area contributed by atoms with Crippen LogP contribution in [0.4, 0.5) is 10.1 Å². The Labute approximate surface area is 289 Å². The molecule has 2 aliphatic rings. The number of pyridine rings is 1. The Morgan fingerprint density at radius 3 is 2.40 bits per heavy atom. The predicted octanol–water partition coefficient (Wildman–Crippen LogP) is 3.10. The molecule has 0 radical (unpaired) electrons. The first-order valence-electron chi connectivity index (χ1n) is 17.1. The molecule has 1 aliphatic carbocycles. The van der Waals surface area contributed by atoms with E-state index in [1.54, 1.807) is 36.5 Å². The molecule has 4 aromatic rings. The number of piperidine rings is 1. The maximum Gasteiger partial charge on any atom is 0.270 e. The number of nitrogens with two attached hydrogens (primary N) is 1. The molecule has 3 unspecified atom stereocenters. The Balaban J connectivity index is 1.14. The van der Waals surface area contributed by atoms with Crippen molar-refractivity contribution in [2.24, 2.45) is 17.6 Å². The van der Waals surface area contributed by atoms with Crippen molar-refractivity contribution < 1.29 is 18.8 Å². The van der Waals surface area contributed by atoms with Crippen molar-refractivity contribution in [3.63, 3.8) is 0 Å². The number of nitrogens with one attached hydrogen (secondary N) is 5. The summed E-state index contributed by atoms with van der Waals surface area (Å²) < 4.78 is 14.2. The van der Waals surface area contributed by atoms with Crippen molar-refractivity contribution in [2.75, 3.05) is 25.0 Å². The van der Waals surface area contributed by atoms with E-state index >= 15 is 0 Å². The van der Waals surface area contributed by atoms with Gasteiger partial charge in [0.2, 0.25) is 17.6 Å². The van der Waals surface area contributed by atoms with Gasteiger partial charge in [-0.2, -0.15) is 5.21 Å². The number of H-pyrrole nitrogens is 1. The highest BCUT2D eigenvalue weighted by Gasteiger charge is 2.30. The lowest BCUT2D eigenvalue weighted by molar-refractivity contribution is -0.130. The lowest BCUT2D eigenvalue weighted by atomic mass is 9.81. The number of anilines is 1. The second-order valence-electron chi connectivity index (χ2n) is 13.2. The Morgan fingerprint density at radius 2 is 1.74 bits per heavy atom. The summed E-state index contributed by atoms with van der Waals surface area (Å²) in [6, 6.07) is 15.1. The summed E-state index contributed by atoms with van der Waals surface area (Å²) in [6.45, 7) is 3.39. The molecule has 3 heterocycles. The molecule has 6 rings (SSSR count). The number of aromatic amines is 1. The van der Waals surface area contributed by atoms with Crippen molar-refractivity contribution >= 4 is 23.4 Å². The van der Waals surface area contributed by atoms with Crippen LogP contribution in [0.15, 0.2) is 60.8 Å². The average Bonchev–Trinajstić information content (AvgIpc) is 3.68. The fourth-order valence-electron chi connectivity index (χ4n) is 6.64. The minimum atomic E-state index is -1.14. The van der Waals surface area contributed by atoms with Crippen molar-refractivity contribution in [3.05, 3.63) is 77.6 Å². The molecule has 13 nitrogen and oxygen atoms in total. The Kier molecular flexibility index (Phi) is 11.2. The van der Waals surface area contributed by atoms with Gasteiger partial charge in [0.05, 0.1) is 6.04 Å². The van der Waals surface area contributed by atoms with Crippen LogP contribution >= 0.6 is 0 Å². The molecule has 0 bridgehead atoms.